The largest absolute Gasteiger partial charge is 0.454 e. The quantitative estimate of drug-likeness (QED) is 0.240. The van der Waals surface area contributed by atoms with E-state index in [1.165, 1.54) is 36.5 Å². The summed E-state index contributed by atoms with van der Waals surface area (Å²) in [5.74, 6) is -1.69. The van der Waals surface area contributed by atoms with E-state index in [4.69, 9.17) is 10.5 Å². The van der Waals surface area contributed by atoms with E-state index in [0.29, 0.717) is 17.2 Å². The van der Waals surface area contributed by atoms with E-state index in [9.17, 15) is 9.18 Å². The van der Waals surface area contributed by atoms with Crippen molar-refractivity contribution in [3.05, 3.63) is 106 Å². The number of allylic oxidation sites excluding steroid dienone is 1. The van der Waals surface area contributed by atoms with Gasteiger partial charge in [-0.2, -0.15) is 5.10 Å². The van der Waals surface area contributed by atoms with Crippen LogP contribution in [-0.4, -0.2) is 39.6 Å². The van der Waals surface area contributed by atoms with Gasteiger partial charge in [-0.25, -0.2) is 17.9 Å². The molecular formula is C33H31F3N4O2. The molecule has 0 radical (unpaired) electrons. The first-order valence-electron chi connectivity index (χ1n) is 14.1. The van der Waals surface area contributed by atoms with Crippen LogP contribution in [0.3, 0.4) is 0 Å². The van der Waals surface area contributed by atoms with Crippen LogP contribution in [0.1, 0.15) is 59.7 Å². The normalized spacial score (nSPS) is 15.6. The van der Waals surface area contributed by atoms with Gasteiger partial charge >= 0.3 is 0 Å². The molecule has 6 rings (SSSR count). The van der Waals surface area contributed by atoms with Gasteiger partial charge in [0.1, 0.15) is 23.1 Å². The average Bonchev–Trinajstić information content (AvgIpc) is 3.56. The smallest absolute Gasteiger partial charge is 0.194 e. The molecule has 2 heterocycles. The molecule has 2 N–H and O–H groups in total. The number of Topliss-reactive ketones (excluding diaryl/α,β-unsaturated/α-hetero) is 1. The molecule has 1 aromatic heterocycles. The summed E-state index contributed by atoms with van der Waals surface area (Å²) in [6, 6.07) is 13.7. The van der Waals surface area contributed by atoms with Crippen molar-refractivity contribution < 1.29 is 22.7 Å². The van der Waals surface area contributed by atoms with Crippen LogP contribution >= 0.6 is 0 Å². The number of fused-ring (bicyclic) bond motifs is 1. The molecule has 0 spiro atoms. The van der Waals surface area contributed by atoms with Crippen LogP contribution in [0.15, 0.2) is 66.4 Å². The highest BCUT2D eigenvalue weighted by Gasteiger charge is 2.28. The van der Waals surface area contributed by atoms with Crippen molar-refractivity contribution in [2.24, 2.45) is 0 Å². The molecule has 1 aliphatic carbocycles. The minimum absolute atomic E-state index is 0.00588. The Balaban J connectivity index is 1.20. The number of nitrogens with zero attached hydrogens (tertiary/aromatic N) is 3. The summed E-state index contributed by atoms with van der Waals surface area (Å²) in [7, 11) is 0. The Morgan fingerprint density at radius 1 is 1.00 bits per heavy atom. The number of likely N-dealkylation sites (tertiary alicyclic amines) is 1. The number of nitrogen functional groups attached to an aromatic ring is 1. The first-order chi connectivity index (χ1) is 20.2. The van der Waals surface area contributed by atoms with Crippen molar-refractivity contribution in [3.8, 4) is 17.2 Å². The van der Waals surface area contributed by atoms with Crippen molar-refractivity contribution >= 4 is 17.7 Å². The number of rotatable bonds is 7. The third-order valence-corrected chi connectivity index (χ3v) is 8.22. The fourth-order valence-corrected chi connectivity index (χ4v) is 5.84. The minimum atomic E-state index is -0.715. The monoisotopic (exact) mass is 572 g/mol. The van der Waals surface area contributed by atoms with E-state index >= 15 is 8.78 Å². The summed E-state index contributed by atoms with van der Waals surface area (Å²) in [6.45, 7) is 6.22. The Hall–Kier alpha value is -4.37. The highest BCUT2D eigenvalue weighted by atomic mass is 19.1. The lowest BCUT2D eigenvalue weighted by Gasteiger charge is -2.35. The molecule has 1 aliphatic heterocycles. The van der Waals surface area contributed by atoms with Crippen molar-refractivity contribution in [2.45, 2.75) is 45.1 Å². The third-order valence-electron chi connectivity index (χ3n) is 8.22. The highest BCUT2D eigenvalue weighted by molar-refractivity contribution is 6.15. The number of piperidine rings is 1. The maximum atomic E-state index is 15.2. The standard InChI is InChI=1S/C33H31F3N4O2/c1-19(2)39-11-9-20(10-12-39)25-15-21-13-23(14-22(21)16-28(25)35)32(41)26-18-38-40(33(26)37)30-8-7-24(17-29(30)36)42-31-6-4-3-5-27(31)34/h3-8,13,15-20H,9-12,14,37H2,1-2H3. The van der Waals surface area contributed by atoms with Crippen LogP contribution in [0.2, 0.25) is 0 Å². The van der Waals surface area contributed by atoms with Gasteiger partial charge in [0.25, 0.3) is 0 Å². The highest BCUT2D eigenvalue weighted by Crippen LogP contribution is 2.36. The SMILES string of the molecule is CC(C)N1CCC(c2cc3c(cc2F)CC(C(=O)c2cnn(-c4ccc(Oc5ccccc5F)cc4F)c2N)=C3)CC1. The van der Waals surface area contributed by atoms with Gasteiger partial charge in [-0.1, -0.05) is 12.1 Å². The Morgan fingerprint density at radius 2 is 1.76 bits per heavy atom. The molecule has 1 saturated heterocycles. The first kappa shape index (κ1) is 27.8. The van der Waals surface area contributed by atoms with Gasteiger partial charge in [0.05, 0.1) is 11.8 Å². The number of para-hydroxylation sites is 1. The zero-order valence-electron chi connectivity index (χ0n) is 23.4. The van der Waals surface area contributed by atoms with Crippen LogP contribution in [0.4, 0.5) is 19.0 Å². The summed E-state index contributed by atoms with van der Waals surface area (Å²) in [6.07, 6.45) is 5.16. The summed E-state index contributed by atoms with van der Waals surface area (Å²) in [5.41, 5.74) is 9.17. The molecule has 0 unspecified atom stereocenters. The fraction of sp³-hybridized carbons (Fsp3) is 0.273. The molecule has 6 nitrogen and oxygen atoms in total. The summed E-state index contributed by atoms with van der Waals surface area (Å²) in [4.78, 5) is 15.9. The predicted octanol–water partition coefficient (Wildman–Crippen LogP) is 7.07. The molecular weight excluding hydrogens is 541 g/mol. The molecule has 2 aliphatic rings. The lowest BCUT2D eigenvalue weighted by atomic mass is 9.87. The van der Waals surface area contributed by atoms with Crippen molar-refractivity contribution in [1.82, 2.24) is 14.7 Å². The maximum Gasteiger partial charge on any atom is 0.194 e. The molecule has 9 heteroatoms. The molecule has 0 amide bonds. The van der Waals surface area contributed by atoms with Gasteiger partial charge in [-0.05, 0) is 105 Å². The second-order valence-electron chi connectivity index (χ2n) is 11.2. The van der Waals surface area contributed by atoms with E-state index in [0.717, 1.165) is 47.8 Å². The van der Waals surface area contributed by atoms with Crippen LogP contribution in [0.5, 0.6) is 11.5 Å². The molecule has 0 bridgehead atoms. The Kier molecular flexibility index (Phi) is 7.36. The predicted molar refractivity (Wildman–Crippen MR) is 156 cm³/mol. The van der Waals surface area contributed by atoms with Gasteiger partial charge in [0.15, 0.2) is 23.2 Å². The van der Waals surface area contributed by atoms with Gasteiger partial charge in [-0.3, -0.25) is 4.79 Å². The van der Waals surface area contributed by atoms with Gasteiger partial charge in [-0.15, -0.1) is 0 Å². The number of aromatic nitrogens is 2. The molecule has 0 saturated carbocycles. The van der Waals surface area contributed by atoms with Crippen LogP contribution in [0.25, 0.3) is 11.8 Å². The lowest BCUT2D eigenvalue weighted by Crippen LogP contribution is -2.38. The van der Waals surface area contributed by atoms with Crippen molar-refractivity contribution in [3.63, 3.8) is 0 Å². The molecule has 216 valence electrons. The number of carbonyl (C=O) groups excluding carboxylic acids is 1. The van der Waals surface area contributed by atoms with E-state index in [1.807, 2.05) is 6.07 Å². The van der Waals surface area contributed by atoms with Crippen molar-refractivity contribution in [2.75, 3.05) is 18.8 Å². The van der Waals surface area contributed by atoms with E-state index in [2.05, 4.69) is 23.8 Å². The van der Waals surface area contributed by atoms with Crippen LogP contribution in [-0.2, 0) is 6.42 Å². The molecule has 42 heavy (non-hydrogen) atoms. The summed E-state index contributed by atoms with van der Waals surface area (Å²) in [5, 5.41) is 4.16. The van der Waals surface area contributed by atoms with Gasteiger partial charge < -0.3 is 15.4 Å². The summed E-state index contributed by atoms with van der Waals surface area (Å²) < 4.78 is 50.8. The number of ketones is 1. The van der Waals surface area contributed by atoms with Gasteiger partial charge in [0.2, 0.25) is 0 Å². The van der Waals surface area contributed by atoms with Crippen LogP contribution in [0, 0.1) is 17.5 Å². The third kappa shape index (κ3) is 5.20. The van der Waals surface area contributed by atoms with Gasteiger partial charge in [0, 0.05) is 24.1 Å². The minimum Gasteiger partial charge on any atom is -0.454 e. The Morgan fingerprint density at radius 3 is 2.48 bits per heavy atom. The number of ether oxygens (including phenoxy) is 1. The second-order valence-corrected chi connectivity index (χ2v) is 11.2. The summed E-state index contributed by atoms with van der Waals surface area (Å²) >= 11 is 0. The molecule has 4 aromatic rings. The topological polar surface area (TPSA) is 73.4 Å². The molecule has 1 fully saturated rings. The van der Waals surface area contributed by atoms with E-state index in [1.54, 1.807) is 18.2 Å². The number of carbonyl (C=O) groups is 1. The lowest BCUT2D eigenvalue weighted by molar-refractivity contribution is 0.103. The van der Waals surface area contributed by atoms with Crippen LogP contribution < -0.4 is 10.5 Å². The zero-order chi connectivity index (χ0) is 29.5. The molecule has 0 atom stereocenters. The number of nitrogens with two attached hydrogens (primary N) is 1. The number of hydrogen-bond donors (Lipinski definition) is 1. The van der Waals surface area contributed by atoms with Crippen molar-refractivity contribution in [1.29, 1.82) is 0 Å². The Bertz CT molecular complexity index is 1700. The van der Waals surface area contributed by atoms with E-state index < -0.39 is 11.6 Å². The second kappa shape index (κ2) is 11.1. The fourth-order valence-electron chi connectivity index (χ4n) is 5.84. The number of benzene rings is 3. The number of halogens is 3. The first-order valence-corrected chi connectivity index (χ1v) is 14.1. The zero-order valence-corrected chi connectivity index (χ0v) is 23.4. The Labute approximate surface area is 242 Å². The van der Waals surface area contributed by atoms with E-state index in [-0.39, 0.29) is 52.5 Å². The molecule has 3 aromatic carbocycles. The number of anilines is 1. The average molecular weight is 573 g/mol. The maximum absolute atomic E-state index is 15.2. The number of hydrogen-bond acceptors (Lipinski definition) is 5.